The van der Waals surface area contributed by atoms with E-state index in [2.05, 4.69) is 9.88 Å². The van der Waals surface area contributed by atoms with E-state index in [1.807, 2.05) is 57.2 Å². The minimum Gasteiger partial charge on any atom is -0.344 e. The number of benzene rings is 2. The Kier molecular flexibility index (Phi) is 6.13. The van der Waals surface area contributed by atoms with Crippen LogP contribution in [0.4, 0.5) is 4.79 Å². The number of nitrogens with zero attached hydrogens (tertiary/aromatic N) is 2. The van der Waals surface area contributed by atoms with Gasteiger partial charge in [-0.15, -0.1) is 0 Å². The molecule has 4 rings (SSSR count). The Morgan fingerprint density at radius 2 is 1.70 bits per heavy atom. The van der Waals surface area contributed by atoms with E-state index in [9.17, 15) is 14.4 Å². The van der Waals surface area contributed by atoms with E-state index in [-0.39, 0.29) is 12.3 Å². The number of nitrogens with one attached hydrogen (secondary N) is 1. The van der Waals surface area contributed by atoms with Crippen molar-refractivity contribution in [2.75, 3.05) is 6.54 Å². The Morgan fingerprint density at radius 3 is 2.33 bits per heavy atom. The van der Waals surface area contributed by atoms with Crippen LogP contribution in [-0.4, -0.2) is 33.7 Å². The molecule has 0 bridgehead atoms. The van der Waals surface area contributed by atoms with E-state index in [0.29, 0.717) is 29.1 Å². The molecular formula is C26H26ClN3O3. The third-order valence-corrected chi connectivity index (χ3v) is 6.65. The lowest BCUT2D eigenvalue weighted by molar-refractivity contribution is -0.131. The van der Waals surface area contributed by atoms with Crippen molar-refractivity contribution in [3.05, 3.63) is 93.8 Å². The molecule has 1 unspecified atom stereocenters. The van der Waals surface area contributed by atoms with Crippen molar-refractivity contribution in [2.24, 2.45) is 0 Å². The van der Waals surface area contributed by atoms with Gasteiger partial charge < -0.3 is 9.88 Å². The Hall–Kier alpha value is -3.38. The standard InChI is InChI=1S/C26H26ClN3O3/c1-4-26(20-10-12-21(27)13-11-20)24(32)30(25(33)28-26)16-23(31)22-14-17(2)29(18(22)3)15-19-8-6-5-7-9-19/h5-14H,4,15-16H2,1-3H3,(H,28,33). The van der Waals surface area contributed by atoms with Crippen LogP contribution in [0.3, 0.4) is 0 Å². The monoisotopic (exact) mass is 463 g/mol. The lowest BCUT2D eigenvalue weighted by Crippen LogP contribution is -2.43. The fraction of sp³-hybridized carbons (Fsp3) is 0.269. The molecular weight excluding hydrogens is 438 g/mol. The Labute approximate surface area is 198 Å². The van der Waals surface area contributed by atoms with Gasteiger partial charge in [0, 0.05) is 28.5 Å². The number of halogens is 1. The molecule has 0 aliphatic carbocycles. The number of hydrogen-bond acceptors (Lipinski definition) is 3. The number of amides is 3. The number of rotatable bonds is 7. The molecule has 7 heteroatoms. The van der Waals surface area contributed by atoms with Gasteiger partial charge in [0.1, 0.15) is 5.54 Å². The fourth-order valence-corrected chi connectivity index (χ4v) is 4.59. The maximum Gasteiger partial charge on any atom is 0.325 e. The van der Waals surface area contributed by atoms with Crippen LogP contribution in [0.5, 0.6) is 0 Å². The SMILES string of the molecule is CCC1(c2ccc(Cl)cc2)NC(=O)N(CC(=O)c2cc(C)n(Cc3ccccc3)c2C)C1=O. The highest BCUT2D eigenvalue weighted by Gasteiger charge is 2.51. The third kappa shape index (κ3) is 4.07. The number of carbonyl (C=O) groups excluding carboxylic acids is 3. The molecule has 1 saturated heterocycles. The van der Waals surface area contributed by atoms with Gasteiger partial charge in [-0.1, -0.05) is 61.0 Å². The van der Waals surface area contributed by atoms with Crippen LogP contribution >= 0.6 is 11.6 Å². The van der Waals surface area contributed by atoms with Crippen LogP contribution in [-0.2, 0) is 16.9 Å². The summed E-state index contributed by atoms with van der Waals surface area (Å²) in [5, 5.41) is 3.35. The summed E-state index contributed by atoms with van der Waals surface area (Å²) < 4.78 is 2.07. The van der Waals surface area contributed by atoms with Crippen molar-refractivity contribution in [2.45, 2.75) is 39.3 Å². The van der Waals surface area contributed by atoms with Crippen LogP contribution in [0.15, 0.2) is 60.7 Å². The quantitative estimate of drug-likeness (QED) is 0.402. The maximum absolute atomic E-state index is 13.4. The fourth-order valence-electron chi connectivity index (χ4n) is 4.47. The van der Waals surface area contributed by atoms with Crippen LogP contribution in [0, 0.1) is 13.8 Å². The van der Waals surface area contributed by atoms with E-state index >= 15 is 0 Å². The van der Waals surface area contributed by atoms with Gasteiger partial charge in [-0.05, 0) is 49.6 Å². The molecule has 3 amide bonds. The molecule has 33 heavy (non-hydrogen) atoms. The smallest absolute Gasteiger partial charge is 0.325 e. The van der Waals surface area contributed by atoms with Gasteiger partial charge in [-0.2, -0.15) is 0 Å². The van der Waals surface area contributed by atoms with E-state index in [1.54, 1.807) is 24.3 Å². The molecule has 2 aromatic carbocycles. The predicted molar refractivity (Wildman–Crippen MR) is 127 cm³/mol. The van der Waals surface area contributed by atoms with Gasteiger partial charge >= 0.3 is 6.03 Å². The molecule has 1 aromatic heterocycles. The minimum absolute atomic E-state index is 0.270. The molecule has 3 aromatic rings. The van der Waals surface area contributed by atoms with Crippen molar-refractivity contribution in [1.29, 1.82) is 0 Å². The van der Waals surface area contributed by atoms with Crippen molar-refractivity contribution in [1.82, 2.24) is 14.8 Å². The first kappa shape index (κ1) is 22.8. The summed E-state index contributed by atoms with van der Waals surface area (Å²) in [6.45, 7) is 6.00. The number of urea groups is 1. The first-order valence-corrected chi connectivity index (χ1v) is 11.3. The average Bonchev–Trinajstić information content (AvgIpc) is 3.23. The molecule has 1 N–H and O–H groups in total. The van der Waals surface area contributed by atoms with Gasteiger partial charge in [-0.25, -0.2) is 4.79 Å². The summed E-state index contributed by atoms with van der Waals surface area (Å²) >= 11 is 5.99. The highest BCUT2D eigenvalue weighted by Crippen LogP contribution is 2.33. The summed E-state index contributed by atoms with van der Waals surface area (Å²) in [5.74, 6) is -0.697. The summed E-state index contributed by atoms with van der Waals surface area (Å²) in [6.07, 6.45) is 0.357. The molecule has 0 radical (unpaired) electrons. The highest BCUT2D eigenvalue weighted by molar-refractivity contribution is 6.30. The molecule has 0 spiro atoms. The second-order valence-corrected chi connectivity index (χ2v) is 8.80. The first-order valence-electron chi connectivity index (χ1n) is 10.9. The van der Waals surface area contributed by atoms with Gasteiger partial charge in [0.25, 0.3) is 5.91 Å². The third-order valence-electron chi connectivity index (χ3n) is 6.40. The lowest BCUT2D eigenvalue weighted by Gasteiger charge is -2.25. The molecule has 1 aliphatic rings. The zero-order valence-corrected chi connectivity index (χ0v) is 19.6. The summed E-state index contributed by atoms with van der Waals surface area (Å²) in [7, 11) is 0. The Balaban J connectivity index is 1.57. The number of aryl methyl sites for hydroxylation is 1. The largest absolute Gasteiger partial charge is 0.344 e. The van der Waals surface area contributed by atoms with Crippen LogP contribution in [0.2, 0.25) is 5.02 Å². The Morgan fingerprint density at radius 1 is 1.03 bits per heavy atom. The maximum atomic E-state index is 13.4. The number of aromatic nitrogens is 1. The van der Waals surface area contributed by atoms with Gasteiger partial charge in [0.05, 0.1) is 6.54 Å². The summed E-state index contributed by atoms with van der Waals surface area (Å²) in [4.78, 5) is 40.4. The molecule has 1 fully saturated rings. The van der Waals surface area contributed by atoms with Crippen molar-refractivity contribution in [3.63, 3.8) is 0 Å². The highest BCUT2D eigenvalue weighted by atomic mass is 35.5. The van der Waals surface area contributed by atoms with E-state index in [1.165, 1.54) is 0 Å². The van der Waals surface area contributed by atoms with E-state index < -0.39 is 17.5 Å². The molecule has 0 saturated carbocycles. The molecule has 170 valence electrons. The molecule has 1 atom stereocenters. The molecule has 6 nitrogen and oxygen atoms in total. The molecule has 2 heterocycles. The predicted octanol–water partition coefficient (Wildman–Crippen LogP) is 4.85. The Bertz CT molecular complexity index is 1220. The topological polar surface area (TPSA) is 71.4 Å². The second kappa shape index (κ2) is 8.87. The zero-order valence-electron chi connectivity index (χ0n) is 18.9. The van der Waals surface area contributed by atoms with Crippen LogP contribution in [0.1, 0.15) is 46.2 Å². The van der Waals surface area contributed by atoms with Crippen molar-refractivity contribution < 1.29 is 14.4 Å². The number of carbonyl (C=O) groups is 3. The number of ketones is 1. The van der Waals surface area contributed by atoms with E-state index in [0.717, 1.165) is 21.9 Å². The number of Topliss-reactive ketones (excluding diaryl/α,β-unsaturated/α-hetero) is 1. The van der Waals surface area contributed by atoms with Crippen molar-refractivity contribution >= 4 is 29.3 Å². The summed E-state index contributed by atoms with van der Waals surface area (Å²) in [6, 6.07) is 18.1. The van der Waals surface area contributed by atoms with E-state index in [4.69, 9.17) is 11.6 Å². The normalized spacial score (nSPS) is 18.0. The van der Waals surface area contributed by atoms with Crippen molar-refractivity contribution in [3.8, 4) is 0 Å². The summed E-state index contributed by atoms with van der Waals surface area (Å²) in [5.41, 5.74) is 2.84. The number of hydrogen-bond donors (Lipinski definition) is 1. The van der Waals surface area contributed by atoms with Gasteiger partial charge in [-0.3, -0.25) is 14.5 Å². The second-order valence-electron chi connectivity index (χ2n) is 8.37. The lowest BCUT2D eigenvalue weighted by atomic mass is 9.87. The molecule has 1 aliphatic heterocycles. The average molecular weight is 464 g/mol. The minimum atomic E-state index is -1.20. The van der Waals surface area contributed by atoms with Crippen LogP contribution in [0.25, 0.3) is 0 Å². The number of imide groups is 1. The van der Waals surface area contributed by atoms with Gasteiger partial charge in [0.2, 0.25) is 0 Å². The van der Waals surface area contributed by atoms with Crippen LogP contribution < -0.4 is 5.32 Å². The van der Waals surface area contributed by atoms with Gasteiger partial charge in [0.15, 0.2) is 5.78 Å². The zero-order chi connectivity index (χ0) is 23.8. The first-order chi connectivity index (χ1) is 15.8.